The van der Waals surface area contributed by atoms with Gasteiger partial charge in [-0.3, -0.25) is 9.89 Å². The van der Waals surface area contributed by atoms with Crippen LogP contribution in [0.3, 0.4) is 0 Å². The lowest BCUT2D eigenvalue weighted by Gasteiger charge is -2.37. The number of carbonyl (C=O) groups excluding carboxylic acids is 1. The quantitative estimate of drug-likeness (QED) is 0.547. The number of fused-ring (bicyclic) bond motifs is 1. The molecule has 1 aliphatic rings. The van der Waals surface area contributed by atoms with Crippen LogP contribution in [-0.2, 0) is 13.0 Å². The molecule has 5 heteroatoms. The first-order valence-electron chi connectivity index (χ1n) is 10.1. The number of hydrogen-bond acceptors (Lipinski definition) is 3. The van der Waals surface area contributed by atoms with E-state index in [1.807, 2.05) is 60.4 Å². The monoisotopic (exact) mass is 394 g/mol. The lowest BCUT2D eigenvalue weighted by atomic mass is 9.89. The first-order chi connectivity index (χ1) is 14.7. The van der Waals surface area contributed by atoms with Crippen molar-refractivity contribution in [2.75, 3.05) is 0 Å². The number of benzene rings is 3. The molecule has 0 aliphatic carbocycles. The van der Waals surface area contributed by atoms with E-state index in [0.717, 1.165) is 23.4 Å². The topological polar surface area (TPSA) is 61.9 Å². The van der Waals surface area contributed by atoms with Crippen LogP contribution in [0.25, 0.3) is 11.4 Å². The zero-order chi connectivity index (χ0) is 20.5. The van der Waals surface area contributed by atoms with Crippen molar-refractivity contribution < 1.29 is 4.79 Å². The van der Waals surface area contributed by atoms with Gasteiger partial charge in [-0.25, -0.2) is 4.98 Å². The minimum atomic E-state index is 0.0175. The van der Waals surface area contributed by atoms with Gasteiger partial charge in [0, 0.05) is 17.7 Å². The summed E-state index contributed by atoms with van der Waals surface area (Å²) in [5.74, 6) is 1.44. The third-order valence-electron chi connectivity index (χ3n) is 5.68. The maximum atomic E-state index is 13.5. The largest absolute Gasteiger partial charge is 0.327 e. The number of nitrogens with zero attached hydrogens (tertiary/aromatic N) is 3. The van der Waals surface area contributed by atoms with Crippen LogP contribution in [0.15, 0.2) is 78.9 Å². The molecule has 5 rings (SSSR count). The molecular weight excluding hydrogens is 372 g/mol. The van der Waals surface area contributed by atoms with E-state index in [9.17, 15) is 4.79 Å². The number of rotatable bonds is 3. The van der Waals surface area contributed by atoms with Gasteiger partial charge in [-0.1, -0.05) is 66.7 Å². The zero-order valence-corrected chi connectivity index (χ0v) is 16.7. The van der Waals surface area contributed by atoms with Gasteiger partial charge in [0.2, 0.25) is 0 Å². The van der Waals surface area contributed by atoms with Crippen LogP contribution in [0.2, 0.25) is 0 Å². The SMILES string of the molecule is Cc1nc(-c2ccc(C(=O)N3Cc4ccccc4CC3c3ccccc3)cc2)n[nH]1. The summed E-state index contributed by atoms with van der Waals surface area (Å²) in [5.41, 5.74) is 5.25. The second-order valence-corrected chi connectivity index (χ2v) is 7.65. The van der Waals surface area contributed by atoms with Gasteiger partial charge in [-0.05, 0) is 42.2 Å². The van der Waals surface area contributed by atoms with Crippen molar-refractivity contribution in [2.24, 2.45) is 0 Å². The van der Waals surface area contributed by atoms with Crippen molar-refractivity contribution in [3.63, 3.8) is 0 Å². The fourth-order valence-corrected chi connectivity index (χ4v) is 4.11. The van der Waals surface area contributed by atoms with Gasteiger partial charge in [-0.15, -0.1) is 0 Å². The Bertz CT molecular complexity index is 1180. The van der Waals surface area contributed by atoms with E-state index in [1.54, 1.807) is 0 Å². The number of amides is 1. The van der Waals surface area contributed by atoms with Gasteiger partial charge < -0.3 is 4.90 Å². The number of carbonyl (C=O) groups is 1. The highest BCUT2D eigenvalue weighted by atomic mass is 16.2. The van der Waals surface area contributed by atoms with Crippen molar-refractivity contribution in [1.82, 2.24) is 20.1 Å². The Morgan fingerprint density at radius 3 is 2.33 bits per heavy atom. The summed E-state index contributed by atoms with van der Waals surface area (Å²) in [5, 5.41) is 7.05. The molecule has 1 amide bonds. The van der Waals surface area contributed by atoms with Crippen molar-refractivity contribution in [3.05, 3.63) is 107 Å². The van der Waals surface area contributed by atoms with Crippen LogP contribution in [0.1, 0.15) is 38.9 Å². The van der Waals surface area contributed by atoms with E-state index < -0.39 is 0 Å². The molecule has 1 aliphatic heterocycles. The Morgan fingerprint density at radius 2 is 1.63 bits per heavy atom. The molecule has 0 saturated carbocycles. The highest BCUT2D eigenvalue weighted by Crippen LogP contribution is 2.34. The van der Waals surface area contributed by atoms with Gasteiger partial charge in [0.15, 0.2) is 5.82 Å². The van der Waals surface area contributed by atoms with Gasteiger partial charge in [0.05, 0.1) is 6.04 Å². The fraction of sp³-hybridized carbons (Fsp3) is 0.160. The number of hydrogen-bond donors (Lipinski definition) is 1. The average molecular weight is 394 g/mol. The third-order valence-corrected chi connectivity index (χ3v) is 5.68. The molecule has 5 nitrogen and oxygen atoms in total. The van der Waals surface area contributed by atoms with E-state index in [4.69, 9.17) is 0 Å². The zero-order valence-electron chi connectivity index (χ0n) is 16.7. The van der Waals surface area contributed by atoms with Crippen molar-refractivity contribution >= 4 is 5.91 Å². The van der Waals surface area contributed by atoms with E-state index >= 15 is 0 Å². The maximum absolute atomic E-state index is 13.5. The molecule has 0 saturated heterocycles. The Balaban J connectivity index is 1.48. The van der Waals surface area contributed by atoms with E-state index in [2.05, 4.69) is 45.5 Å². The number of aromatic nitrogens is 3. The molecule has 1 aromatic heterocycles. The smallest absolute Gasteiger partial charge is 0.254 e. The van der Waals surface area contributed by atoms with Crippen LogP contribution >= 0.6 is 0 Å². The fourth-order valence-electron chi connectivity index (χ4n) is 4.11. The summed E-state index contributed by atoms with van der Waals surface area (Å²) >= 11 is 0. The minimum Gasteiger partial charge on any atom is -0.327 e. The first kappa shape index (κ1) is 18.3. The molecule has 1 atom stereocenters. The lowest BCUT2D eigenvalue weighted by Crippen LogP contribution is -2.38. The average Bonchev–Trinajstić information content (AvgIpc) is 3.24. The summed E-state index contributed by atoms with van der Waals surface area (Å²) in [4.78, 5) is 19.9. The van der Waals surface area contributed by atoms with Gasteiger partial charge in [0.1, 0.15) is 5.82 Å². The Labute approximate surface area is 175 Å². The van der Waals surface area contributed by atoms with E-state index in [1.165, 1.54) is 11.1 Å². The maximum Gasteiger partial charge on any atom is 0.254 e. The van der Waals surface area contributed by atoms with Crippen molar-refractivity contribution in [3.8, 4) is 11.4 Å². The number of H-pyrrole nitrogens is 1. The second kappa shape index (κ2) is 7.59. The molecule has 1 N–H and O–H groups in total. The molecule has 3 aromatic carbocycles. The molecule has 0 radical (unpaired) electrons. The van der Waals surface area contributed by atoms with Crippen LogP contribution in [0.5, 0.6) is 0 Å². The molecule has 1 unspecified atom stereocenters. The second-order valence-electron chi connectivity index (χ2n) is 7.65. The van der Waals surface area contributed by atoms with Crippen LogP contribution in [0, 0.1) is 6.92 Å². The summed E-state index contributed by atoms with van der Waals surface area (Å²) < 4.78 is 0. The van der Waals surface area contributed by atoms with Crippen LogP contribution in [-0.4, -0.2) is 26.0 Å². The third kappa shape index (κ3) is 3.39. The molecule has 4 aromatic rings. The van der Waals surface area contributed by atoms with E-state index in [-0.39, 0.29) is 11.9 Å². The highest BCUT2D eigenvalue weighted by molar-refractivity contribution is 5.95. The normalized spacial score (nSPS) is 15.6. The van der Waals surface area contributed by atoms with Crippen LogP contribution in [0.4, 0.5) is 0 Å². The molecule has 30 heavy (non-hydrogen) atoms. The van der Waals surface area contributed by atoms with Crippen molar-refractivity contribution in [2.45, 2.75) is 25.9 Å². The Kier molecular flexibility index (Phi) is 4.64. The summed E-state index contributed by atoms with van der Waals surface area (Å²) in [6.07, 6.45) is 0.820. The van der Waals surface area contributed by atoms with E-state index in [0.29, 0.717) is 17.9 Å². The summed E-state index contributed by atoms with van der Waals surface area (Å²) in [7, 11) is 0. The molecule has 0 bridgehead atoms. The number of aryl methyl sites for hydroxylation is 1. The summed E-state index contributed by atoms with van der Waals surface area (Å²) in [6, 6.07) is 26.2. The Morgan fingerprint density at radius 1 is 0.933 bits per heavy atom. The van der Waals surface area contributed by atoms with Gasteiger partial charge >= 0.3 is 0 Å². The number of aromatic amines is 1. The van der Waals surface area contributed by atoms with Gasteiger partial charge in [0.25, 0.3) is 5.91 Å². The standard InChI is InChI=1S/C25H22N4O/c1-17-26-24(28-27-17)19-11-13-20(14-12-19)25(30)29-16-22-10-6-5-9-21(22)15-23(29)18-7-3-2-4-8-18/h2-14,23H,15-16H2,1H3,(H,26,27,28). The number of nitrogens with one attached hydrogen (secondary N) is 1. The molecule has 2 heterocycles. The predicted molar refractivity (Wildman–Crippen MR) is 116 cm³/mol. The van der Waals surface area contributed by atoms with Crippen LogP contribution < -0.4 is 0 Å². The lowest BCUT2D eigenvalue weighted by molar-refractivity contribution is 0.0638. The highest BCUT2D eigenvalue weighted by Gasteiger charge is 2.31. The molecule has 0 fully saturated rings. The molecule has 148 valence electrons. The molecular formula is C25H22N4O. The summed E-state index contributed by atoms with van der Waals surface area (Å²) in [6.45, 7) is 2.47. The predicted octanol–water partition coefficient (Wildman–Crippen LogP) is 4.72. The first-order valence-corrected chi connectivity index (χ1v) is 10.1. The van der Waals surface area contributed by atoms with Gasteiger partial charge in [-0.2, -0.15) is 5.10 Å². The minimum absolute atomic E-state index is 0.0175. The van der Waals surface area contributed by atoms with Crippen molar-refractivity contribution in [1.29, 1.82) is 0 Å². The Hall–Kier alpha value is -3.73. The molecule has 0 spiro atoms.